The molecule has 1 aliphatic rings. The number of H-pyrrole nitrogens is 1. The second-order valence-corrected chi connectivity index (χ2v) is 6.67. The molecule has 0 radical (unpaired) electrons. The smallest absolute Gasteiger partial charge is 0.294 e. The molecule has 3 heterocycles. The van der Waals surface area contributed by atoms with Gasteiger partial charge in [-0.25, -0.2) is 4.98 Å². The topological polar surface area (TPSA) is 83.6 Å². The van der Waals surface area contributed by atoms with Gasteiger partial charge in [0.2, 0.25) is 5.58 Å². The number of nitrogens with zero attached hydrogens (tertiary/aromatic N) is 1. The Kier molecular flexibility index (Phi) is 3.28. The van der Waals surface area contributed by atoms with Gasteiger partial charge in [-0.1, -0.05) is 15.9 Å². The van der Waals surface area contributed by atoms with Crippen LogP contribution < -0.4 is 10.5 Å². The minimum Gasteiger partial charge on any atom is -0.449 e. The molecule has 3 N–H and O–H groups in total. The fourth-order valence-corrected chi connectivity index (χ4v) is 3.42. The number of furan rings is 1. The Balaban J connectivity index is 1.82. The number of fused-ring (bicyclic) bond motifs is 3. The molecule has 0 aliphatic carbocycles. The molecule has 0 bridgehead atoms. The van der Waals surface area contributed by atoms with Gasteiger partial charge in [0.05, 0.1) is 6.54 Å². The molecule has 1 aliphatic heterocycles. The molecular weight excluding hydrogens is 350 g/mol. The zero-order valence-electron chi connectivity index (χ0n) is 11.7. The molecule has 0 saturated carbocycles. The number of hydrogen-bond acceptors (Lipinski definition) is 4. The molecule has 2 atom stereocenters. The first-order valence-corrected chi connectivity index (χ1v) is 8.02. The molecule has 1 saturated heterocycles. The summed E-state index contributed by atoms with van der Waals surface area (Å²) in [6, 6.07) is 5.60. The third-order valence-electron chi connectivity index (χ3n) is 4.11. The van der Waals surface area contributed by atoms with Gasteiger partial charge in [-0.15, -0.1) is 0 Å². The summed E-state index contributed by atoms with van der Waals surface area (Å²) in [4.78, 5) is 20.8. The lowest BCUT2D eigenvalue weighted by atomic mass is 10.2. The molecule has 0 spiro atoms. The van der Waals surface area contributed by atoms with E-state index in [1.807, 2.05) is 18.2 Å². The number of aliphatic hydroxyl groups excluding tert-OH is 1. The molecule has 114 valence electrons. The number of quaternary nitrogens is 1. The number of aromatic nitrogens is 2. The van der Waals surface area contributed by atoms with E-state index in [1.165, 1.54) is 4.90 Å². The summed E-state index contributed by atoms with van der Waals surface area (Å²) in [6.07, 6.45) is 0.541. The number of rotatable bonds is 2. The summed E-state index contributed by atoms with van der Waals surface area (Å²) < 4.78 is 6.52. The number of halogens is 1. The Morgan fingerprint density at radius 3 is 3.14 bits per heavy atom. The molecule has 4 rings (SSSR count). The van der Waals surface area contributed by atoms with Gasteiger partial charge >= 0.3 is 0 Å². The fourth-order valence-electron chi connectivity index (χ4n) is 3.06. The highest BCUT2D eigenvalue weighted by Gasteiger charge is 2.25. The normalized spacial score (nSPS) is 21.9. The van der Waals surface area contributed by atoms with E-state index in [4.69, 9.17) is 4.42 Å². The first-order chi connectivity index (χ1) is 10.6. The van der Waals surface area contributed by atoms with E-state index in [-0.39, 0.29) is 17.2 Å². The Morgan fingerprint density at radius 1 is 1.50 bits per heavy atom. The summed E-state index contributed by atoms with van der Waals surface area (Å²) in [6.45, 7) is 2.18. The van der Waals surface area contributed by atoms with Gasteiger partial charge in [0.1, 0.15) is 30.3 Å². The van der Waals surface area contributed by atoms with E-state index < -0.39 is 0 Å². The molecule has 1 aromatic carbocycles. The van der Waals surface area contributed by atoms with Crippen molar-refractivity contribution in [2.45, 2.75) is 19.1 Å². The highest BCUT2D eigenvalue weighted by molar-refractivity contribution is 9.10. The van der Waals surface area contributed by atoms with Crippen molar-refractivity contribution >= 4 is 38.0 Å². The van der Waals surface area contributed by atoms with Gasteiger partial charge in [-0.2, -0.15) is 0 Å². The first kappa shape index (κ1) is 13.9. The van der Waals surface area contributed by atoms with Crippen LogP contribution >= 0.6 is 15.9 Å². The van der Waals surface area contributed by atoms with Gasteiger partial charge < -0.3 is 19.4 Å². The molecule has 2 aromatic heterocycles. The number of aromatic amines is 1. The SMILES string of the molecule is O=c1[nH]c(C[NH+]2CC[C@H](O)C2)nc2c1oc1ccc(Br)cc12. The highest BCUT2D eigenvalue weighted by atomic mass is 79.9. The largest absolute Gasteiger partial charge is 0.449 e. The lowest BCUT2D eigenvalue weighted by Gasteiger charge is -2.11. The van der Waals surface area contributed by atoms with Crippen molar-refractivity contribution < 1.29 is 14.4 Å². The first-order valence-electron chi connectivity index (χ1n) is 7.23. The maximum atomic E-state index is 12.2. The molecule has 0 amide bonds. The molecule has 6 nitrogen and oxygen atoms in total. The summed E-state index contributed by atoms with van der Waals surface area (Å²) in [5.41, 5.74) is 1.24. The Bertz CT molecular complexity index is 917. The van der Waals surface area contributed by atoms with Crippen molar-refractivity contribution in [3.8, 4) is 0 Å². The predicted molar refractivity (Wildman–Crippen MR) is 84.9 cm³/mol. The molecule has 22 heavy (non-hydrogen) atoms. The number of hydrogen-bond donors (Lipinski definition) is 3. The summed E-state index contributed by atoms with van der Waals surface area (Å²) in [5.74, 6) is 0.629. The number of likely N-dealkylation sites (tertiary alicyclic amines) is 1. The van der Waals surface area contributed by atoms with Crippen LogP contribution in [0.3, 0.4) is 0 Å². The zero-order valence-corrected chi connectivity index (χ0v) is 13.3. The maximum absolute atomic E-state index is 12.2. The molecule has 7 heteroatoms. The standard InChI is InChI=1S/C15H14BrN3O3/c16-8-1-2-11-10(5-8)13-14(22-11)15(21)18-12(17-13)7-19-4-3-9(20)6-19/h1-2,5,9,20H,3-4,6-7H2,(H,17,18,21)/p+1/t9-/m0/s1. The van der Waals surface area contributed by atoms with Gasteiger partial charge in [-0.3, -0.25) is 4.79 Å². The summed E-state index contributed by atoms with van der Waals surface area (Å²) in [7, 11) is 0. The Labute approximate surface area is 133 Å². The van der Waals surface area contributed by atoms with Crippen LogP contribution in [0.15, 0.2) is 31.9 Å². The van der Waals surface area contributed by atoms with Gasteiger partial charge in [0.15, 0.2) is 5.82 Å². The molecule has 3 aromatic rings. The van der Waals surface area contributed by atoms with Gasteiger partial charge in [0.25, 0.3) is 5.56 Å². The minimum atomic E-state index is -0.258. The quantitative estimate of drug-likeness (QED) is 0.621. The second-order valence-electron chi connectivity index (χ2n) is 5.76. The summed E-state index contributed by atoms with van der Waals surface area (Å²) in [5, 5.41) is 10.4. The van der Waals surface area contributed by atoms with Crippen LogP contribution in [-0.2, 0) is 6.54 Å². The van der Waals surface area contributed by atoms with Crippen LogP contribution in [0.2, 0.25) is 0 Å². The van der Waals surface area contributed by atoms with Crippen LogP contribution in [0, 0.1) is 0 Å². The average Bonchev–Trinajstić information content (AvgIpc) is 3.03. The summed E-state index contributed by atoms with van der Waals surface area (Å²) >= 11 is 3.43. The lowest BCUT2D eigenvalue weighted by Crippen LogP contribution is -3.09. The monoisotopic (exact) mass is 364 g/mol. The Morgan fingerprint density at radius 2 is 2.36 bits per heavy atom. The van der Waals surface area contributed by atoms with Crippen LogP contribution in [-0.4, -0.2) is 34.3 Å². The zero-order chi connectivity index (χ0) is 15.3. The maximum Gasteiger partial charge on any atom is 0.294 e. The fraction of sp³-hybridized carbons (Fsp3) is 0.333. The Hall–Kier alpha value is -1.70. The van der Waals surface area contributed by atoms with Crippen molar-refractivity contribution in [1.82, 2.24) is 9.97 Å². The van der Waals surface area contributed by atoms with Gasteiger partial charge in [-0.05, 0) is 18.2 Å². The third kappa shape index (κ3) is 2.35. The van der Waals surface area contributed by atoms with Crippen LogP contribution in [0.5, 0.6) is 0 Å². The van der Waals surface area contributed by atoms with E-state index >= 15 is 0 Å². The van der Waals surface area contributed by atoms with Crippen molar-refractivity contribution in [2.24, 2.45) is 0 Å². The highest BCUT2D eigenvalue weighted by Crippen LogP contribution is 2.27. The van der Waals surface area contributed by atoms with Crippen molar-refractivity contribution in [3.05, 3.63) is 38.9 Å². The molecule has 1 unspecified atom stereocenters. The van der Waals surface area contributed by atoms with E-state index in [0.29, 0.717) is 30.0 Å². The molecular formula is C15H15BrN3O3+. The van der Waals surface area contributed by atoms with Crippen molar-refractivity contribution in [3.63, 3.8) is 0 Å². The number of nitrogens with one attached hydrogen (secondary N) is 2. The average molecular weight is 365 g/mol. The van der Waals surface area contributed by atoms with E-state index in [0.717, 1.165) is 22.8 Å². The lowest BCUT2D eigenvalue weighted by molar-refractivity contribution is -0.903. The van der Waals surface area contributed by atoms with Crippen LogP contribution in [0.25, 0.3) is 22.1 Å². The number of benzene rings is 1. The van der Waals surface area contributed by atoms with Crippen LogP contribution in [0.1, 0.15) is 12.2 Å². The molecule has 1 fully saturated rings. The van der Waals surface area contributed by atoms with Gasteiger partial charge in [0, 0.05) is 16.3 Å². The number of aliphatic hydroxyl groups is 1. The second kappa shape index (κ2) is 5.19. The predicted octanol–water partition coefficient (Wildman–Crippen LogP) is 0.581. The minimum absolute atomic E-state index is 0.254. The van der Waals surface area contributed by atoms with Crippen molar-refractivity contribution in [2.75, 3.05) is 13.1 Å². The van der Waals surface area contributed by atoms with Crippen molar-refractivity contribution in [1.29, 1.82) is 0 Å². The van der Waals surface area contributed by atoms with E-state index in [1.54, 1.807) is 0 Å². The van der Waals surface area contributed by atoms with E-state index in [2.05, 4.69) is 25.9 Å². The van der Waals surface area contributed by atoms with E-state index in [9.17, 15) is 9.90 Å². The van der Waals surface area contributed by atoms with Crippen LogP contribution in [0.4, 0.5) is 0 Å². The third-order valence-corrected chi connectivity index (χ3v) is 4.60.